The molecule has 2 aromatic rings. The van der Waals surface area contributed by atoms with E-state index in [1.807, 2.05) is 16.9 Å². The van der Waals surface area contributed by atoms with Crippen LogP contribution in [0.3, 0.4) is 0 Å². The van der Waals surface area contributed by atoms with Gasteiger partial charge in [0.05, 0.1) is 23.8 Å². The number of para-hydroxylation sites is 2. The topological polar surface area (TPSA) is 42.7 Å². The molecule has 0 bridgehead atoms. The summed E-state index contributed by atoms with van der Waals surface area (Å²) in [6.45, 7) is 0. The number of hydrogen-bond donors (Lipinski definition) is 1. The smallest absolute Gasteiger partial charge is 0.0894 e. The molecule has 0 unspecified atom stereocenters. The van der Waals surface area contributed by atoms with Crippen LogP contribution in [-0.2, 0) is 0 Å². The Morgan fingerprint density at radius 1 is 1.05 bits per heavy atom. The third kappa shape index (κ3) is 2.95. The molecule has 19 heavy (non-hydrogen) atoms. The summed E-state index contributed by atoms with van der Waals surface area (Å²) in [5.41, 5.74) is 2.23. The zero-order chi connectivity index (χ0) is 12.9. The van der Waals surface area contributed by atoms with Crippen molar-refractivity contribution >= 4 is 5.69 Å². The van der Waals surface area contributed by atoms with Crippen molar-refractivity contribution in [2.45, 2.75) is 44.6 Å². The van der Waals surface area contributed by atoms with E-state index in [0.717, 1.165) is 11.4 Å². The van der Waals surface area contributed by atoms with E-state index < -0.39 is 0 Å². The van der Waals surface area contributed by atoms with Crippen LogP contribution in [0.4, 0.5) is 5.69 Å². The second kappa shape index (κ2) is 5.87. The minimum absolute atomic E-state index is 0.590. The first-order valence-electron chi connectivity index (χ1n) is 7.16. The monoisotopic (exact) mass is 256 g/mol. The van der Waals surface area contributed by atoms with Gasteiger partial charge in [-0.05, 0) is 25.0 Å². The third-order valence-electron chi connectivity index (χ3n) is 3.79. The highest BCUT2D eigenvalue weighted by Crippen LogP contribution is 2.24. The average Bonchev–Trinajstić information content (AvgIpc) is 2.85. The molecule has 0 radical (unpaired) electrons. The van der Waals surface area contributed by atoms with Gasteiger partial charge < -0.3 is 5.32 Å². The molecule has 1 fully saturated rings. The minimum Gasteiger partial charge on any atom is -0.381 e. The van der Waals surface area contributed by atoms with Gasteiger partial charge in [-0.2, -0.15) is 0 Å². The zero-order valence-corrected chi connectivity index (χ0v) is 11.1. The summed E-state index contributed by atoms with van der Waals surface area (Å²) >= 11 is 0. The van der Waals surface area contributed by atoms with E-state index in [2.05, 4.69) is 33.8 Å². The lowest BCUT2D eigenvalue weighted by Gasteiger charge is -2.19. The number of hydrogen-bond acceptors (Lipinski definition) is 3. The molecule has 1 heterocycles. The van der Waals surface area contributed by atoms with Crippen LogP contribution in [0.5, 0.6) is 0 Å². The molecule has 1 aromatic heterocycles. The van der Waals surface area contributed by atoms with E-state index in [1.54, 1.807) is 6.20 Å². The summed E-state index contributed by atoms with van der Waals surface area (Å²) in [7, 11) is 0. The Balaban J connectivity index is 1.80. The Morgan fingerprint density at radius 2 is 1.84 bits per heavy atom. The van der Waals surface area contributed by atoms with Gasteiger partial charge in [-0.1, -0.05) is 43.0 Å². The summed E-state index contributed by atoms with van der Waals surface area (Å²) in [5.74, 6) is 0. The maximum atomic E-state index is 4.09. The lowest BCUT2D eigenvalue weighted by molar-refractivity contribution is 0.619. The molecule has 100 valence electrons. The summed E-state index contributed by atoms with van der Waals surface area (Å²) < 4.78 is 1.82. The van der Waals surface area contributed by atoms with E-state index >= 15 is 0 Å². The van der Waals surface area contributed by atoms with Crippen LogP contribution in [0.1, 0.15) is 38.5 Å². The van der Waals surface area contributed by atoms with Gasteiger partial charge in [0, 0.05) is 6.04 Å². The molecule has 1 aliphatic rings. The van der Waals surface area contributed by atoms with Crippen LogP contribution in [0.2, 0.25) is 0 Å². The molecule has 0 amide bonds. The van der Waals surface area contributed by atoms with Crippen LogP contribution < -0.4 is 5.32 Å². The Labute approximate surface area is 113 Å². The largest absolute Gasteiger partial charge is 0.381 e. The second-order valence-corrected chi connectivity index (χ2v) is 5.20. The first-order valence-corrected chi connectivity index (χ1v) is 7.16. The molecular formula is C15H20N4. The average molecular weight is 256 g/mol. The highest BCUT2D eigenvalue weighted by atomic mass is 15.4. The molecule has 3 rings (SSSR count). The van der Waals surface area contributed by atoms with Crippen molar-refractivity contribution in [3.63, 3.8) is 0 Å². The van der Waals surface area contributed by atoms with E-state index in [4.69, 9.17) is 0 Å². The van der Waals surface area contributed by atoms with Gasteiger partial charge in [-0.15, -0.1) is 5.10 Å². The molecule has 0 atom stereocenters. The zero-order valence-electron chi connectivity index (χ0n) is 11.1. The number of nitrogens with one attached hydrogen (secondary N) is 1. The van der Waals surface area contributed by atoms with E-state index in [0.29, 0.717) is 6.04 Å². The van der Waals surface area contributed by atoms with E-state index in [1.165, 1.54) is 38.5 Å². The number of nitrogens with zero attached hydrogens (tertiary/aromatic N) is 3. The SMILES string of the molecule is c1ccc(-n2ccnn2)c(NC2CCCCCC2)c1. The Hall–Kier alpha value is -1.84. The summed E-state index contributed by atoms with van der Waals surface area (Å²) in [6, 6.07) is 8.90. The van der Waals surface area contributed by atoms with Gasteiger partial charge in [0.1, 0.15) is 0 Å². The number of anilines is 1. The fraction of sp³-hybridized carbons (Fsp3) is 0.467. The van der Waals surface area contributed by atoms with Crippen LogP contribution in [0.15, 0.2) is 36.7 Å². The van der Waals surface area contributed by atoms with E-state index in [9.17, 15) is 0 Å². The lowest BCUT2D eigenvalue weighted by atomic mass is 10.1. The van der Waals surface area contributed by atoms with Crippen molar-refractivity contribution in [1.29, 1.82) is 0 Å². The maximum absolute atomic E-state index is 4.09. The fourth-order valence-electron chi connectivity index (χ4n) is 2.78. The van der Waals surface area contributed by atoms with Crippen molar-refractivity contribution < 1.29 is 0 Å². The van der Waals surface area contributed by atoms with Crippen LogP contribution >= 0.6 is 0 Å². The first kappa shape index (κ1) is 12.2. The summed E-state index contributed by atoms with van der Waals surface area (Å²) in [5, 5.41) is 11.7. The van der Waals surface area contributed by atoms with Crippen molar-refractivity contribution in [3.05, 3.63) is 36.7 Å². The minimum atomic E-state index is 0.590. The lowest BCUT2D eigenvalue weighted by Crippen LogP contribution is -2.19. The van der Waals surface area contributed by atoms with Gasteiger partial charge in [0.2, 0.25) is 0 Å². The highest BCUT2D eigenvalue weighted by Gasteiger charge is 2.14. The highest BCUT2D eigenvalue weighted by molar-refractivity contribution is 5.60. The van der Waals surface area contributed by atoms with Crippen molar-refractivity contribution in [2.24, 2.45) is 0 Å². The normalized spacial score (nSPS) is 17.1. The standard InChI is InChI=1S/C15H20N4/c1-2-4-8-13(7-3-1)17-14-9-5-6-10-15(14)19-12-11-16-18-19/h5-6,9-13,17H,1-4,7-8H2. The van der Waals surface area contributed by atoms with Gasteiger partial charge in [0.15, 0.2) is 0 Å². The molecule has 0 aliphatic heterocycles. The van der Waals surface area contributed by atoms with Crippen molar-refractivity contribution in [1.82, 2.24) is 15.0 Å². The second-order valence-electron chi connectivity index (χ2n) is 5.20. The number of benzene rings is 1. The molecule has 1 aromatic carbocycles. The van der Waals surface area contributed by atoms with Crippen molar-refractivity contribution in [2.75, 3.05) is 5.32 Å². The summed E-state index contributed by atoms with van der Waals surface area (Å²) in [6.07, 6.45) is 11.6. The van der Waals surface area contributed by atoms with Crippen LogP contribution in [0.25, 0.3) is 5.69 Å². The van der Waals surface area contributed by atoms with Gasteiger partial charge in [0.25, 0.3) is 0 Å². The molecule has 0 spiro atoms. The number of aromatic nitrogens is 3. The maximum Gasteiger partial charge on any atom is 0.0894 e. The predicted octanol–water partition coefficient (Wildman–Crippen LogP) is 3.40. The van der Waals surface area contributed by atoms with Gasteiger partial charge >= 0.3 is 0 Å². The predicted molar refractivity (Wildman–Crippen MR) is 76.5 cm³/mol. The van der Waals surface area contributed by atoms with Gasteiger partial charge in [-0.25, -0.2) is 4.68 Å². The Kier molecular flexibility index (Phi) is 3.77. The Bertz CT molecular complexity index is 499. The molecule has 1 N–H and O–H groups in total. The molecule has 1 saturated carbocycles. The Morgan fingerprint density at radius 3 is 2.58 bits per heavy atom. The molecular weight excluding hydrogens is 236 g/mol. The van der Waals surface area contributed by atoms with Crippen molar-refractivity contribution in [3.8, 4) is 5.69 Å². The molecule has 4 nitrogen and oxygen atoms in total. The molecule has 0 saturated heterocycles. The fourth-order valence-corrected chi connectivity index (χ4v) is 2.78. The number of rotatable bonds is 3. The van der Waals surface area contributed by atoms with Gasteiger partial charge in [-0.3, -0.25) is 0 Å². The van der Waals surface area contributed by atoms with Crippen LogP contribution in [-0.4, -0.2) is 21.0 Å². The third-order valence-corrected chi connectivity index (χ3v) is 3.79. The molecule has 4 heteroatoms. The molecule has 1 aliphatic carbocycles. The van der Waals surface area contributed by atoms with Crippen LogP contribution in [0, 0.1) is 0 Å². The quantitative estimate of drug-likeness (QED) is 0.856. The summed E-state index contributed by atoms with van der Waals surface area (Å²) in [4.78, 5) is 0. The van der Waals surface area contributed by atoms with E-state index in [-0.39, 0.29) is 0 Å². The first-order chi connectivity index (χ1) is 9.43.